The molecule has 4 nitrogen and oxygen atoms in total. The second kappa shape index (κ2) is 12.4. The van der Waals surface area contributed by atoms with Crippen molar-refractivity contribution in [1.29, 1.82) is 0 Å². The number of thioether (sulfide) groups is 1. The van der Waals surface area contributed by atoms with Crippen molar-refractivity contribution in [3.63, 3.8) is 0 Å². The molecule has 1 saturated heterocycles. The van der Waals surface area contributed by atoms with E-state index in [1.165, 1.54) is 11.8 Å². The number of hydrogen-bond donors (Lipinski definition) is 0. The lowest BCUT2D eigenvalue weighted by Crippen LogP contribution is -2.27. The van der Waals surface area contributed by atoms with Gasteiger partial charge in [0.2, 0.25) is 0 Å². The molecular formula is C27H29ClN2O2S2. The highest BCUT2D eigenvalue weighted by Gasteiger charge is 2.33. The van der Waals surface area contributed by atoms with Crippen molar-refractivity contribution in [3.05, 3.63) is 77.2 Å². The highest BCUT2D eigenvalue weighted by Crippen LogP contribution is 2.37. The van der Waals surface area contributed by atoms with Crippen LogP contribution in [0.3, 0.4) is 0 Å². The summed E-state index contributed by atoms with van der Waals surface area (Å²) in [5.41, 5.74) is 1.77. The van der Waals surface area contributed by atoms with Gasteiger partial charge in [-0.3, -0.25) is 9.69 Å². The third kappa shape index (κ3) is 5.99. The van der Waals surface area contributed by atoms with E-state index in [-0.39, 0.29) is 18.3 Å². The number of hydrogen-bond acceptors (Lipinski definition) is 5. The van der Waals surface area contributed by atoms with Crippen molar-refractivity contribution in [2.45, 2.75) is 20.3 Å². The van der Waals surface area contributed by atoms with Crippen LogP contribution in [-0.4, -0.2) is 41.4 Å². The van der Waals surface area contributed by atoms with E-state index in [0.29, 0.717) is 15.8 Å². The highest BCUT2D eigenvalue weighted by atomic mass is 35.5. The average Bonchev–Trinajstić information content (AvgIpc) is 3.12. The van der Waals surface area contributed by atoms with Gasteiger partial charge in [0.1, 0.15) is 5.75 Å². The minimum absolute atomic E-state index is 0. The van der Waals surface area contributed by atoms with Crippen molar-refractivity contribution < 1.29 is 9.53 Å². The summed E-state index contributed by atoms with van der Waals surface area (Å²) >= 11 is 6.89. The molecular weight excluding hydrogens is 484 g/mol. The van der Waals surface area contributed by atoms with Crippen molar-refractivity contribution in [1.82, 2.24) is 4.90 Å². The van der Waals surface area contributed by atoms with E-state index in [9.17, 15) is 4.79 Å². The number of thiocarbonyl (C=S) groups is 1. The van der Waals surface area contributed by atoms with Crippen LogP contribution < -0.4 is 9.64 Å². The lowest BCUT2D eigenvalue weighted by Gasteiger charge is -2.18. The van der Waals surface area contributed by atoms with Crippen LogP contribution in [-0.2, 0) is 4.79 Å². The van der Waals surface area contributed by atoms with Gasteiger partial charge >= 0.3 is 0 Å². The molecule has 1 aliphatic heterocycles. The summed E-state index contributed by atoms with van der Waals surface area (Å²) in [4.78, 5) is 17.8. The van der Waals surface area contributed by atoms with Crippen LogP contribution in [0.2, 0.25) is 0 Å². The smallest absolute Gasteiger partial charge is 0.270 e. The maximum atomic E-state index is 13.2. The van der Waals surface area contributed by atoms with E-state index < -0.39 is 0 Å². The molecule has 1 fully saturated rings. The Morgan fingerprint density at radius 2 is 1.71 bits per heavy atom. The molecule has 0 aliphatic carbocycles. The average molecular weight is 513 g/mol. The third-order valence-electron chi connectivity index (χ3n) is 5.78. The summed E-state index contributed by atoms with van der Waals surface area (Å²) in [6.45, 7) is 8.17. The molecule has 0 spiro atoms. The first kappa shape index (κ1) is 26.2. The largest absolute Gasteiger partial charge is 0.494 e. The first-order chi connectivity index (χ1) is 16.1. The summed E-state index contributed by atoms with van der Waals surface area (Å²) in [5, 5.41) is 2.27. The molecule has 4 rings (SSSR count). The van der Waals surface area contributed by atoms with Gasteiger partial charge in [-0.25, -0.2) is 0 Å². The number of nitrogens with zero attached hydrogens (tertiary/aromatic N) is 2. The minimum atomic E-state index is -0.0918. The molecule has 3 aromatic carbocycles. The second-order valence-electron chi connectivity index (χ2n) is 7.81. The SMILES string of the molecule is CCN(CC)CCCOc1ccc(N2C(=O)C(=Cc3cccc4ccccc34)SC2=S)cc1.Cl. The Kier molecular flexibility index (Phi) is 9.54. The molecule has 0 aromatic heterocycles. The molecule has 178 valence electrons. The fourth-order valence-corrected chi connectivity index (χ4v) is 5.21. The number of ether oxygens (including phenoxy) is 1. The number of anilines is 1. The van der Waals surface area contributed by atoms with Crippen LogP contribution in [0.4, 0.5) is 5.69 Å². The molecule has 34 heavy (non-hydrogen) atoms. The number of carbonyl (C=O) groups is 1. The van der Waals surface area contributed by atoms with Crippen LogP contribution in [0.15, 0.2) is 71.6 Å². The van der Waals surface area contributed by atoms with Crippen LogP contribution in [0.1, 0.15) is 25.8 Å². The van der Waals surface area contributed by atoms with E-state index >= 15 is 0 Å². The molecule has 1 amide bonds. The molecule has 1 aliphatic rings. The zero-order valence-corrected chi connectivity index (χ0v) is 21.8. The molecule has 0 saturated carbocycles. The van der Waals surface area contributed by atoms with Gasteiger partial charge in [-0.05, 0) is 66.2 Å². The van der Waals surface area contributed by atoms with Crippen molar-refractivity contribution in [3.8, 4) is 5.75 Å². The highest BCUT2D eigenvalue weighted by molar-refractivity contribution is 8.27. The molecule has 0 N–H and O–H groups in total. The summed E-state index contributed by atoms with van der Waals surface area (Å²) in [6, 6.07) is 21.9. The third-order valence-corrected chi connectivity index (χ3v) is 7.08. The van der Waals surface area contributed by atoms with Crippen molar-refractivity contribution in [2.75, 3.05) is 31.1 Å². The Morgan fingerprint density at radius 3 is 2.44 bits per heavy atom. The minimum Gasteiger partial charge on any atom is -0.494 e. The standard InChI is InChI=1S/C27H28N2O2S2.ClH/c1-3-28(4-2)17-8-18-31-23-15-13-22(14-16-23)29-26(30)25(33-27(29)32)19-21-11-7-10-20-9-5-6-12-24(20)21;/h5-7,9-16,19H,3-4,8,17-18H2,1-2H3;1H. The number of carbonyl (C=O) groups excluding carboxylic acids is 1. The monoisotopic (exact) mass is 512 g/mol. The Hall–Kier alpha value is -2.38. The normalized spacial score (nSPS) is 14.8. The van der Waals surface area contributed by atoms with Crippen molar-refractivity contribution in [2.24, 2.45) is 0 Å². The van der Waals surface area contributed by atoms with Gasteiger partial charge in [0.25, 0.3) is 5.91 Å². The van der Waals surface area contributed by atoms with E-state index in [0.717, 1.165) is 53.8 Å². The zero-order valence-electron chi connectivity index (χ0n) is 19.4. The summed E-state index contributed by atoms with van der Waals surface area (Å²) in [5.74, 6) is 0.709. The van der Waals surface area contributed by atoms with Gasteiger partial charge in [-0.1, -0.05) is 80.3 Å². The second-order valence-corrected chi connectivity index (χ2v) is 9.48. The molecule has 0 bridgehead atoms. The summed E-state index contributed by atoms with van der Waals surface area (Å²) in [7, 11) is 0. The van der Waals surface area contributed by atoms with Gasteiger partial charge in [0, 0.05) is 6.54 Å². The Morgan fingerprint density at radius 1 is 1.00 bits per heavy atom. The van der Waals surface area contributed by atoms with Crippen molar-refractivity contribution >= 4 is 69.2 Å². The fraction of sp³-hybridized carbons (Fsp3) is 0.259. The maximum absolute atomic E-state index is 13.2. The van der Waals surface area contributed by atoms with Crippen LogP contribution in [0.25, 0.3) is 16.8 Å². The molecule has 7 heteroatoms. The van der Waals surface area contributed by atoms with Gasteiger partial charge in [-0.15, -0.1) is 12.4 Å². The Bertz CT molecular complexity index is 1170. The molecule has 0 radical (unpaired) electrons. The number of halogens is 1. The van der Waals surface area contributed by atoms with E-state index in [4.69, 9.17) is 17.0 Å². The van der Waals surface area contributed by atoms with Gasteiger partial charge in [0.05, 0.1) is 17.2 Å². The predicted octanol–water partition coefficient (Wildman–Crippen LogP) is 6.78. The van der Waals surface area contributed by atoms with E-state index in [1.807, 2.05) is 54.6 Å². The number of fused-ring (bicyclic) bond motifs is 1. The summed E-state index contributed by atoms with van der Waals surface area (Å²) in [6.07, 6.45) is 2.92. The Balaban J connectivity index is 0.00000324. The van der Waals surface area contributed by atoms with Gasteiger partial charge in [-0.2, -0.15) is 0 Å². The van der Waals surface area contributed by atoms with Gasteiger partial charge < -0.3 is 9.64 Å². The van der Waals surface area contributed by atoms with Gasteiger partial charge in [0.15, 0.2) is 4.32 Å². The van der Waals surface area contributed by atoms with E-state index in [2.05, 4.69) is 36.9 Å². The quantitative estimate of drug-likeness (QED) is 0.179. The van der Waals surface area contributed by atoms with Crippen LogP contribution in [0, 0.1) is 0 Å². The lowest BCUT2D eigenvalue weighted by molar-refractivity contribution is -0.113. The molecule has 0 unspecified atom stereocenters. The predicted molar refractivity (Wildman–Crippen MR) is 151 cm³/mol. The van der Waals surface area contributed by atoms with Crippen LogP contribution >= 0.6 is 36.4 Å². The fourth-order valence-electron chi connectivity index (χ4n) is 3.92. The lowest BCUT2D eigenvalue weighted by atomic mass is 10.0. The number of rotatable bonds is 9. The number of amides is 1. The Labute approximate surface area is 217 Å². The van der Waals surface area contributed by atoms with Crippen LogP contribution in [0.5, 0.6) is 5.75 Å². The molecule has 1 heterocycles. The van der Waals surface area contributed by atoms with E-state index in [1.54, 1.807) is 4.90 Å². The molecule has 0 atom stereocenters. The zero-order chi connectivity index (χ0) is 23.2. The first-order valence-corrected chi connectivity index (χ1v) is 12.5. The molecule has 3 aromatic rings. The first-order valence-electron chi connectivity index (χ1n) is 11.3. The number of benzene rings is 3. The maximum Gasteiger partial charge on any atom is 0.270 e. The topological polar surface area (TPSA) is 32.8 Å². The summed E-state index contributed by atoms with van der Waals surface area (Å²) < 4.78 is 6.42.